The molecule has 1 heterocycles. The van der Waals surface area contributed by atoms with Crippen molar-refractivity contribution >= 4 is 45.1 Å². The zero-order valence-electron chi connectivity index (χ0n) is 12.8. The molecule has 0 atom stereocenters. The lowest BCUT2D eigenvalue weighted by molar-refractivity contribution is 0.182. The number of amides is 2. The fourth-order valence-corrected chi connectivity index (χ4v) is 3.79. The Labute approximate surface area is 145 Å². The molecule has 1 fully saturated rings. The first kappa shape index (κ1) is 18.3. The number of hydrogen-bond acceptors (Lipinski definition) is 3. The van der Waals surface area contributed by atoms with Crippen molar-refractivity contribution in [2.24, 2.45) is 0 Å². The predicted molar refractivity (Wildman–Crippen MR) is 91.2 cm³/mol. The molecule has 10 heteroatoms. The van der Waals surface area contributed by atoms with Gasteiger partial charge in [-0.2, -0.15) is 17.0 Å². The SMILES string of the molecule is CN(C)S(=O)(=O)N1CCN(C(=O)Nc2cc(Cl)cc(Cl)c2)CC1. The van der Waals surface area contributed by atoms with Gasteiger partial charge in [-0.1, -0.05) is 23.2 Å². The van der Waals surface area contributed by atoms with E-state index >= 15 is 0 Å². The van der Waals surface area contributed by atoms with E-state index in [0.717, 1.165) is 4.31 Å². The molecule has 1 aliphatic heterocycles. The van der Waals surface area contributed by atoms with Crippen LogP contribution in [0.1, 0.15) is 0 Å². The molecule has 7 nitrogen and oxygen atoms in total. The molecule has 0 aliphatic carbocycles. The second-order valence-corrected chi connectivity index (χ2v) is 8.28. The average molecular weight is 381 g/mol. The van der Waals surface area contributed by atoms with Gasteiger partial charge in [0.25, 0.3) is 10.2 Å². The van der Waals surface area contributed by atoms with Crippen LogP contribution in [0.3, 0.4) is 0 Å². The molecule has 2 rings (SSSR count). The fraction of sp³-hybridized carbons (Fsp3) is 0.462. The van der Waals surface area contributed by atoms with E-state index in [2.05, 4.69) is 5.32 Å². The maximum absolute atomic E-state index is 12.2. The van der Waals surface area contributed by atoms with Gasteiger partial charge in [-0.25, -0.2) is 4.79 Å². The Morgan fingerprint density at radius 1 is 1.09 bits per heavy atom. The fourth-order valence-electron chi connectivity index (χ4n) is 2.18. The first-order valence-electron chi connectivity index (χ1n) is 6.90. The van der Waals surface area contributed by atoms with Gasteiger partial charge in [0.2, 0.25) is 0 Å². The van der Waals surface area contributed by atoms with Crippen LogP contribution in [0, 0.1) is 0 Å². The van der Waals surface area contributed by atoms with Crippen molar-refractivity contribution in [3.05, 3.63) is 28.2 Å². The zero-order valence-corrected chi connectivity index (χ0v) is 15.1. The molecular formula is C13H18Cl2N4O3S. The number of carbonyl (C=O) groups excluding carboxylic acids is 1. The highest BCUT2D eigenvalue weighted by Crippen LogP contribution is 2.23. The highest BCUT2D eigenvalue weighted by atomic mass is 35.5. The Morgan fingerprint density at radius 3 is 2.09 bits per heavy atom. The normalized spacial score (nSPS) is 16.7. The van der Waals surface area contributed by atoms with Crippen LogP contribution in [-0.2, 0) is 10.2 Å². The van der Waals surface area contributed by atoms with Crippen LogP contribution in [0.5, 0.6) is 0 Å². The summed E-state index contributed by atoms with van der Waals surface area (Å²) in [6, 6.07) is 4.45. The molecule has 23 heavy (non-hydrogen) atoms. The van der Waals surface area contributed by atoms with Crippen molar-refractivity contribution in [3.8, 4) is 0 Å². The lowest BCUT2D eigenvalue weighted by Gasteiger charge is -2.35. The minimum atomic E-state index is -3.45. The Hall–Kier alpha value is -1.06. The highest BCUT2D eigenvalue weighted by Gasteiger charge is 2.30. The number of piperazine rings is 1. The van der Waals surface area contributed by atoms with Gasteiger partial charge < -0.3 is 10.2 Å². The summed E-state index contributed by atoms with van der Waals surface area (Å²) in [5, 5.41) is 3.56. The predicted octanol–water partition coefficient (Wildman–Crippen LogP) is 1.95. The van der Waals surface area contributed by atoms with Gasteiger partial charge in [0, 0.05) is 56.0 Å². The number of benzene rings is 1. The van der Waals surface area contributed by atoms with Crippen LogP contribution in [0.2, 0.25) is 10.0 Å². The Balaban J connectivity index is 1.96. The smallest absolute Gasteiger partial charge is 0.321 e. The third-order valence-corrected chi connectivity index (χ3v) is 5.80. The minimum absolute atomic E-state index is 0.254. The number of nitrogens with zero attached hydrogens (tertiary/aromatic N) is 3. The summed E-state index contributed by atoms with van der Waals surface area (Å²) < 4.78 is 26.6. The standard InChI is InChI=1S/C13H18Cl2N4O3S/c1-17(2)23(21,22)19-5-3-18(4-6-19)13(20)16-12-8-10(14)7-11(15)9-12/h7-9H,3-6H2,1-2H3,(H,16,20). The molecule has 0 radical (unpaired) electrons. The average Bonchev–Trinajstić information content (AvgIpc) is 2.46. The third-order valence-electron chi connectivity index (χ3n) is 3.43. The number of hydrogen-bond donors (Lipinski definition) is 1. The summed E-state index contributed by atoms with van der Waals surface area (Å²) in [5.74, 6) is 0. The first-order chi connectivity index (χ1) is 10.7. The van der Waals surface area contributed by atoms with Gasteiger partial charge in [0.15, 0.2) is 0 Å². The van der Waals surface area contributed by atoms with Gasteiger partial charge in [0.1, 0.15) is 0 Å². The molecule has 1 N–H and O–H groups in total. The van der Waals surface area contributed by atoms with E-state index in [-0.39, 0.29) is 19.1 Å². The van der Waals surface area contributed by atoms with Gasteiger partial charge in [-0.3, -0.25) is 0 Å². The molecule has 0 spiro atoms. The Morgan fingerprint density at radius 2 is 1.61 bits per heavy atom. The van der Waals surface area contributed by atoms with Crippen LogP contribution < -0.4 is 5.32 Å². The van der Waals surface area contributed by atoms with E-state index < -0.39 is 10.2 Å². The lowest BCUT2D eigenvalue weighted by atomic mass is 10.3. The third kappa shape index (κ3) is 4.48. The molecule has 1 aromatic rings. The maximum atomic E-state index is 12.2. The van der Waals surface area contributed by atoms with Crippen LogP contribution in [0.15, 0.2) is 18.2 Å². The second kappa shape index (κ2) is 7.23. The molecule has 128 valence electrons. The molecule has 1 aromatic carbocycles. The molecule has 1 saturated heterocycles. The van der Waals surface area contributed by atoms with Crippen molar-refractivity contribution in [2.45, 2.75) is 0 Å². The number of nitrogens with one attached hydrogen (secondary N) is 1. The van der Waals surface area contributed by atoms with E-state index in [1.807, 2.05) is 0 Å². The zero-order chi connectivity index (χ0) is 17.2. The lowest BCUT2D eigenvalue weighted by Crippen LogP contribution is -2.53. The van der Waals surface area contributed by atoms with E-state index in [4.69, 9.17) is 23.2 Å². The van der Waals surface area contributed by atoms with Crippen molar-refractivity contribution in [1.82, 2.24) is 13.5 Å². The van der Waals surface area contributed by atoms with Gasteiger partial charge in [-0.15, -0.1) is 0 Å². The van der Waals surface area contributed by atoms with Crippen molar-refractivity contribution in [3.63, 3.8) is 0 Å². The first-order valence-corrected chi connectivity index (χ1v) is 9.05. The number of anilines is 1. The van der Waals surface area contributed by atoms with Gasteiger partial charge in [0.05, 0.1) is 0 Å². The minimum Gasteiger partial charge on any atom is -0.322 e. The Kier molecular flexibility index (Phi) is 5.74. The molecule has 0 aromatic heterocycles. The van der Waals surface area contributed by atoms with Gasteiger partial charge in [-0.05, 0) is 18.2 Å². The van der Waals surface area contributed by atoms with Crippen molar-refractivity contribution in [2.75, 3.05) is 45.6 Å². The highest BCUT2D eigenvalue weighted by molar-refractivity contribution is 7.86. The summed E-state index contributed by atoms with van der Waals surface area (Å²) in [5.41, 5.74) is 0.496. The van der Waals surface area contributed by atoms with E-state index in [1.165, 1.54) is 18.4 Å². The van der Waals surface area contributed by atoms with Crippen molar-refractivity contribution in [1.29, 1.82) is 0 Å². The van der Waals surface area contributed by atoms with E-state index in [9.17, 15) is 13.2 Å². The topological polar surface area (TPSA) is 73.0 Å². The maximum Gasteiger partial charge on any atom is 0.321 e. The molecule has 0 saturated carbocycles. The summed E-state index contributed by atoms with van der Waals surface area (Å²) in [7, 11) is -0.479. The Bertz CT molecular complexity index is 668. The summed E-state index contributed by atoms with van der Waals surface area (Å²) in [4.78, 5) is 13.8. The van der Waals surface area contributed by atoms with Crippen LogP contribution >= 0.6 is 23.2 Å². The van der Waals surface area contributed by atoms with Crippen LogP contribution in [0.25, 0.3) is 0 Å². The van der Waals surface area contributed by atoms with E-state index in [1.54, 1.807) is 23.1 Å². The number of carbonyl (C=O) groups is 1. The van der Waals surface area contributed by atoms with Crippen LogP contribution in [0.4, 0.5) is 10.5 Å². The van der Waals surface area contributed by atoms with Crippen molar-refractivity contribution < 1.29 is 13.2 Å². The largest absolute Gasteiger partial charge is 0.322 e. The molecule has 0 unspecified atom stereocenters. The molecular weight excluding hydrogens is 363 g/mol. The number of halogens is 2. The second-order valence-electron chi connectivity index (χ2n) is 5.26. The number of rotatable bonds is 3. The van der Waals surface area contributed by atoms with Gasteiger partial charge >= 0.3 is 6.03 Å². The molecule has 1 aliphatic rings. The quantitative estimate of drug-likeness (QED) is 0.870. The molecule has 2 amide bonds. The summed E-state index contributed by atoms with van der Waals surface area (Å²) in [6.07, 6.45) is 0. The monoisotopic (exact) mass is 380 g/mol. The molecule has 0 bridgehead atoms. The van der Waals surface area contributed by atoms with E-state index in [0.29, 0.717) is 28.8 Å². The van der Waals surface area contributed by atoms with Crippen LogP contribution in [-0.4, -0.2) is 68.2 Å². The number of urea groups is 1. The summed E-state index contributed by atoms with van der Waals surface area (Å²) in [6.45, 7) is 1.13. The summed E-state index contributed by atoms with van der Waals surface area (Å²) >= 11 is 11.8.